The molecule has 6 heteroatoms. The molecule has 0 aromatic rings. The Hall–Kier alpha value is -3.93. The third kappa shape index (κ3) is 62.8. The van der Waals surface area contributed by atoms with E-state index in [4.69, 9.17) is 14.2 Å². The lowest BCUT2D eigenvalue weighted by molar-refractivity contribution is -0.167. The van der Waals surface area contributed by atoms with Gasteiger partial charge in [0, 0.05) is 19.3 Å². The summed E-state index contributed by atoms with van der Waals surface area (Å²) in [6.45, 7) is 6.50. The van der Waals surface area contributed by atoms with Crippen molar-refractivity contribution in [2.75, 3.05) is 13.2 Å². The Balaban J connectivity index is 4.35. The van der Waals surface area contributed by atoms with Gasteiger partial charge >= 0.3 is 17.9 Å². The highest BCUT2D eigenvalue weighted by Crippen LogP contribution is 2.16. The number of esters is 3. The molecule has 0 rings (SSSR count). The van der Waals surface area contributed by atoms with Gasteiger partial charge in [0.05, 0.1) is 0 Å². The molecule has 6 nitrogen and oxygen atoms in total. The van der Waals surface area contributed by atoms with E-state index in [0.717, 1.165) is 128 Å². The first kappa shape index (κ1) is 73.1. The molecule has 0 aromatic carbocycles. The third-order valence-electron chi connectivity index (χ3n) is 13.8. The number of rotatable bonds is 58. The van der Waals surface area contributed by atoms with Crippen molar-refractivity contribution in [2.45, 2.75) is 309 Å². The zero-order valence-corrected chi connectivity index (χ0v) is 50.4. The van der Waals surface area contributed by atoms with Crippen LogP contribution in [-0.4, -0.2) is 37.2 Å². The Morgan fingerprint density at radius 2 is 0.506 bits per heavy atom. The third-order valence-corrected chi connectivity index (χ3v) is 13.8. The van der Waals surface area contributed by atoms with E-state index in [1.54, 1.807) is 0 Å². The maximum atomic E-state index is 12.9. The first-order valence-electron chi connectivity index (χ1n) is 32.4. The van der Waals surface area contributed by atoms with Crippen LogP contribution in [0.5, 0.6) is 0 Å². The second kappa shape index (κ2) is 64.6. The molecular formula is C71H120O6. The summed E-state index contributed by atoms with van der Waals surface area (Å²) in [5, 5.41) is 0. The molecule has 0 aliphatic rings. The Bertz CT molecular complexity index is 1560. The van der Waals surface area contributed by atoms with Crippen LogP contribution in [0.1, 0.15) is 303 Å². The van der Waals surface area contributed by atoms with Gasteiger partial charge in [0.2, 0.25) is 0 Å². The van der Waals surface area contributed by atoms with E-state index in [-0.39, 0.29) is 31.1 Å². The highest BCUT2D eigenvalue weighted by molar-refractivity contribution is 5.71. The Morgan fingerprint density at radius 1 is 0.273 bits per heavy atom. The van der Waals surface area contributed by atoms with Crippen LogP contribution in [-0.2, 0) is 28.6 Å². The lowest BCUT2D eigenvalue weighted by Crippen LogP contribution is -2.30. The van der Waals surface area contributed by atoms with Crippen molar-refractivity contribution < 1.29 is 28.6 Å². The number of hydrogen-bond donors (Lipinski definition) is 0. The van der Waals surface area contributed by atoms with Crippen molar-refractivity contribution in [3.8, 4) is 0 Å². The maximum absolute atomic E-state index is 12.9. The van der Waals surface area contributed by atoms with E-state index in [0.29, 0.717) is 19.3 Å². The lowest BCUT2D eigenvalue weighted by Gasteiger charge is -2.18. The summed E-state index contributed by atoms with van der Waals surface area (Å²) < 4.78 is 16.9. The average molecular weight is 1070 g/mol. The highest BCUT2D eigenvalue weighted by atomic mass is 16.6. The van der Waals surface area contributed by atoms with Gasteiger partial charge in [0.1, 0.15) is 13.2 Å². The fraction of sp³-hybridized carbons (Fsp3) is 0.704. The zero-order valence-electron chi connectivity index (χ0n) is 50.4. The van der Waals surface area contributed by atoms with Crippen molar-refractivity contribution in [2.24, 2.45) is 0 Å². The van der Waals surface area contributed by atoms with E-state index in [2.05, 4.69) is 130 Å². The Morgan fingerprint density at radius 3 is 0.831 bits per heavy atom. The van der Waals surface area contributed by atoms with Gasteiger partial charge in [-0.25, -0.2) is 0 Å². The van der Waals surface area contributed by atoms with Crippen LogP contribution >= 0.6 is 0 Å². The quantitative estimate of drug-likeness (QED) is 0.0261. The molecule has 0 saturated carbocycles. The van der Waals surface area contributed by atoms with Crippen molar-refractivity contribution in [1.82, 2.24) is 0 Å². The van der Waals surface area contributed by atoms with Crippen LogP contribution in [0.25, 0.3) is 0 Å². The van der Waals surface area contributed by atoms with Gasteiger partial charge in [0.25, 0.3) is 0 Å². The van der Waals surface area contributed by atoms with E-state index < -0.39 is 6.10 Å². The second-order valence-electron chi connectivity index (χ2n) is 21.3. The summed E-state index contributed by atoms with van der Waals surface area (Å²) >= 11 is 0. The van der Waals surface area contributed by atoms with Crippen LogP contribution < -0.4 is 0 Å². The van der Waals surface area contributed by atoms with Gasteiger partial charge in [-0.1, -0.05) is 284 Å². The fourth-order valence-corrected chi connectivity index (χ4v) is 8.92. The molecule has 0 fully saturated rings. The average Bonchev–Trinajstić information content (AvgIpc) is 3.43. The van der Waals surface area contributed by atoms with Gasteiger partial charge in [-0.3, -0.25) is 14.4 Å². The lowest BCUT2D eigenvalue weighted by atomic mass is 10.0. The maximum Gasteiger partial charge on any atom is 0.306 e. The van der Waals surface area contributed by atoms with Crippen LogP contribution in [0, 0.1) is 0 Å². The predicted molar refractivity (Wildman–Crippen MR) is 334 cm³/mol. The van der Waals surface area contributed by atoms with Crippen molar-refractivity contribution >= 4 is 17.9 Å². The predicted octanol–water partition coefficient (Wildman–Crippen LogP) is 22.2. The molecule has 77 heavy (non-hydrogen) atoms. The van der Waals surface area contributed by atoms with Crippen molar-refractivity contribution in [1.29, 1.82) is 0 Å². The first-order valence-corrected chi connectivity index (χ1v) is 32.4. The van der Waals surface area contributed by atoms with Crippen LogP contribution in [0.4, 0.5) is 0 Å². The normalized spacial score (nSPS) is 12.8. The Labute approximate surface area is 476 Å². The standard InChI is InChI=1S/C71H120O6/c1-4-7-10-13-16-19-22-25-27-29-31-32-33-34-35-36-37-38-39-40-41-43-44-46-49-52-55-58-61-64-70(73)76-67-68(66-75-69(72)63-60-57-54-51-48-24-21-18-15-12-9-6-3)77-71(74)65-62-59-56-53-50-47-45-42-30-28-26-23-20-17-14-11-8-5-2/h7,10,16,18-19,21,25,27,31-32,34-35,37-38,40-41,44,46,68H,4-6,8-9,11-15,17,20,22-24,26,28-30,33,36,39,42-43,45,47-67H2,1-3H3/b10-7-,19-16-,21-18-,27-25-,32-31-,35-34-,38-37-,41-40-,46-44-. The summed E-state index contributed by atoms with van der Waals surface area (Å²) in [4.78, 5) is 38.3. The van der Waals surface area contributed by atoms with E-state index in [1.807, 2.05) is 0 Å². The van der Waals surface area contributed by atoms with Crippen molar-refractivity contribution in [3.05, 3.63) is 109 Å². The minimum absolute atomic E-state index is 0.0889. The van der Waals surface area contributed by atoms with Gasteiger partial charge in [-0.15, -0.1) is 0 Å². The molecule has 0 aliphatic heterocycles. The summed E-state index contributed by atoms with van der Waals surface area (Å²) in [6, 6.07) is 0. The summed E-state index contributed by atoms with van der Waals surface area (Å²) in [5.41, 5.74) is 0. The van der Waals surface area contributed by atoms with E-state index in [1.165, 1.54) is 135 Å². The number of unbranched alkanes of at least 4 members (excludes halogenated alkanes) is 29. The molecule has 0 heterocycles. The fourth-order valence-electron chi connectivity index (χ4n) is 8.92. The van der Waals surface area contributed by atoms with Crippen LogP contribution in [0.3, 0.4) is 0 Å². The smallest absolute Gasteiger partial charge is 0.306 e. The molecule has 1 unspecified atom stereocenters. The summed E-state index contributed by atoms with van der Waals surface area (Å²) in [5.74, 6) is -0.914. The SMILES string of the molecule is CC/C=C\C/C=C\C/C=C\C/C=C\C/C=C\C/C=C\C/C=C\C/C=C\CCCCCCC(=O)OCC(COC(=O)CCCCCCC/C=C\CCCCC)OC(=O)CCCCCCCCCCCCCCCCCCCC. The molecular weight excluding hydrogens is 949 g/mol. The van der Waals surface area contributed by atoms with Crippen LogP contribution in [0.15, 0.2) is 109 Å². The number of allylic oxidation sites excluding steroid dienone is 18. The largest absolute Gasteiger partial charge is 0.462 e. The second-order valence-corrected chi connectivity index (χ2v) is 21.3. The molecule has 0 saturated heterocycles. The molecule has 0 N–H and O–H groups in total. The van der Waals surface area contributed by atoms with Gasteiger partial charge in [0.15, 0.2) is 6.10 Å². The number of ether oxygens (including phenoxy) is 3. The van der Waals surface area contributed by atoms with Crippen molar-refractivity contribution in [3.63, 3.8) is 0 Å². The molecule has 0 radical (unpaired) electrons. The summed E-state index contributed by atoms with van der Waals surface area (Å²) in [7, 11) is 0. The molecule has 1 atom stereocenters. The Kier molecular flexibility index (Phi) is 61.3. The van der Waals surface area contributed by atoms with Gasteiger partial charge in [-0.05, 0) is 109 Å². The molecule has 0 aliphatic carbocycles. The molecule has 440 valence electrons. The van der Waals surface area contributed by atoms with Crippen LogP contribution in [0.2, 0.25) is 0 Å². The topological polar surface area (TPSA) is 78.9 Å². The number of carbonyl (C=O) groups excluding carboxylic acids is 3. The number of carbonyl (C=O) groups is 3. The minimum atomic E-state index is -0.792. The molecule has 0 aromatic heterocycles. The van der Waals surface area contributed by atoms with E-state index in [9.17, 15) is 14.4 Å². The molecule has 0 amide bonds. The zero-order chi connectivity index (χ0) is 55.7. The first-order chi connectivity index (χ1) is 38.0. The molecule has 0 bridgehead atoms. The minimum Gasteiger partial charge on any atom is -0.462 e. The monoisotopic (exact) mass is 1070 g/mol. The highest BCUT2D eigenvalue weighted by Gasteiger charge is 2.19. The summed E-state index contributed by atoms with van der Waals surface area (Å²) in [6.07, 6.45) is 88.1. The molecule has 0 spiro atoms. The van der Waals surface area contributed by atoms with Gasteiger partial charge < -0.3 is 14.2 Å². The van der Waals surface area contributed by atoms with Gasteiger partial charge in [-0.2, -0.15) is 0 Å². The van der Waals surface area contributed by atoms with E-state index >= 15 is 0 Å². The number of hydrogen-bond acceptors (Lipinski definition) is 6.